The van der Waals surface area contributed by atoms with Gasteiger partial charge < -0.3 is 15.2 Å². The van der Waals surface area contributed by atoms with Crippen molar-refractivity contribution in [3.05, 3.63) is 0 Å². The van der Waals surface area contributed by atoms with E-state index in [1.807, 2.05) is 0 Å². The number of carboxylic acid groups (broad SMARTS) is 1. The van der Waals surface area contributed by atoms with E-state index in [1.165, 1.54) is 0 Å². The Labute approximate surface area is 106 Å². The molecule has 1 amide bonds. The Morgan fingerprint density at radius 2 is 1.89 bits per heavy atom. The van der Waals surface area contributed by atoms with Gasteiger partial charge in [0.2, 0.25) is 5.91 Å². The van der Waals surface area contributed by atoms with Crippen LogP contribution < -0.4 is 5.32 Å². The third kappa shape index (κ3) is 2.00. The Morgan fingerprint density at radius 3 is 2.50 bits per heavy atom. The predicted octanol–water partition coefficient (Wildman–Crippen LogP) is 0.923. The van der Waals surface area contributed by atoms with Gasteiger partial charge in [0, 0.05) is 0 Å². The molecule has 0 aromatic rings. The van der Waals surface area contributed by atoms with E-state index in [4.69, 9.17) is 9.84 Å². The van der Waals surface area contributed by atoms with Crippen molar-refractivity contribution in [2.75, 3.05) is 0 Å². The zero-order chi connectivity index (χ0) is 12.7. The first kappa shape index (κ1) is 12.0. The molecule has 2 saturated heterocycles. The number of carbonyl (C=O) groups is 2. The van der Waals surface area contributed by atoms with Crippen LogP contribution >= 0.6 is 0 Å². The third-order valence-electron chi connectivity index (χ3n) is 4.60. The number of fused-ring (bicyclic) bond motifs is 2. The molecule has 5 atom stereocenters. The van der Waals surface area contributed by atoms with Crippen molar-refractivity contribution < 1.29 is 19.4 Å². The van der Waals surface area contributed by atoms with E-state index in [0.717, 1.165) is 25.7 Å². The predicted molar refractivity (Wildman–Crippen MR) is 62.9 cm³/mol. The van der Waals surface area contributed by atoms with Gasteiger partial charge in [0.25, 0.3) is 0 Å². The van der Waals surface area contributed by atoms with Gasteiger partial charge in [0.1, 0.15) is 0 Å². The largest absolute Gasteiger partial charge is 0.481 e. The molecule has 0 radical (unpaired) electrons. The lowest BCUT2D eigenvalue weighted by molar-refractivity contribution is -0.146. The number of hydrogen-bond acceptors (Lipinski definition) is 3. The standard InChI is InChI=1S/C13H19NO4/c15-12(8-2-1-3-9(8)13(16)17)14-10-6-7-4-5-11(10)18-7/h7-11H,1-6H2,(H,14,15)(H,16,17)/t7?,8-,9+,10?,11?/m1/s1. The first-order chi connectivity index (χ1) is 8.65. The summed E-state index contributed by atoms with van der Waals surface area (Å²) >= 11 is 0. The maximum Gasteiger partial charge on any atom is 0.307 e. The highest BCUT2D eigenvalue weighted by Crippen LogP contribution is 2.36. The second-order valence-electron chi connectivity index (χ2n) is 5.71. The molecule has 3 aliphatic rings. The van der Waals surface area contributed by atoms with Gasteiger partial charge in [-0.2, -0.15) is 0 Å². The van der Waals surface area contributed by atoms with E-state index in [2.05, 4.69) is 5.32 Å². The number of rotatable bonds is 3. The van der Waals surface area contributed by atoms with Crippen molar-refractivity contribution in [1.29, 1.82) is 0 Å². The van der Waals surface area contributed by atoms with Crippen LogP contribution in [0.25, 0.3) is 0 Å². The van der Waals surface area contributed by atoms with Gasteiger partial charge >= 0.3 is 5.97 Å². The van der Waals surface area contributed by atoms with Crippen molar-refractivity contribution in [3.8, 4) is 0 Å². The minimum Gasteiger partial charge on any atom is -0.481 e. The van der Waals surface area contributed by atoms with Gasteiger partial charge in [0.15, 0.2) is 0 Å². The number of amides is 1. The van der Waals surface area contributed by atoms with Crippen molar-refractivity contribution in [2.45, 2.75) is 56.8 Å². The molecule has 2 aliphatic heterocycles. The summed E-state index contributed by atoms with van der Waals surface area (Å²) in [6.45, 7) is 0. The maximum atomic E-state index is 12.2. The van der Waals surface area contributed by atoms with E-state index in [9.17, 15) is 9.59 Å². The molecular formula is C13H19NO4. The molecule has 1 saturated carbocycles. The lowest BCUT2D eigenvalue weighted by atomic mass is 9.92. The molecule has 0 aromatic carbocycles. The zero-order valence-corrected chi connectivity index (χ0v) is 10.3. The first-order valence-corrected chi connectivity index (χ1v) is 6.84. The molecule has 3 fully saturated rings. The first-order valence-electron chi connectivity index (χ1n) is 6.84. The molecule has 2 N–H and O–H groups in total. The van der Waals surface area contributed by atoms with Crippen LogP contribution in [0.15, 0.2) is 0 Å². The molecule has 5 heteroatoms. The Balaban J connectivity index is 1.59. The fraction of sp³-hybridized carbons (Fsp3) is 0.846. The van der Waals surface area contributed by atoms with Crippen LogP contribution in [0.1, 0.15) is 38.5 Å². The van der Waals surface area contributed by atoms with Gasteiger partial charge in [-0.05, 0) is 32.1 Å². The molecule has 100 valence electrons. The van der Waals surface area contributed by atoms with Crippen LogP contribution in [-0.4, -0.2) is 35.2 Å². The molecule has 18 heavy (non-hydrogen) atoms. The smallest absolute Gasteiger partial charge is 0.307 e. The summed E-state index contributed by atoms with van der Waals surface area (Å²) in [5, 5.41) is 12.1. The van der Waals surface area contributed by atoms with Crippen LogP contribution in [0.5, 0.6) is 0 Å². The fourth-order valence-corrected chi connectivity index (χ4v) is 3.65. The average molecular weight is 253 g/mol. The molecule has 1 aliphatic carbocycles. The normalized spacial score (nSPS) is 42.1. The summed E-state index contributed by atoms with van der Waals surface area (Å²) in [6.07, 6.45) is 5.62. The summed E-state index contributed by atoms with van der Waals surface area (Å²) in [5.41, 5.74) is 0. The second-order valence-corrected chi connectivity index (χ2v) is 5.71. The van der Waals surface area contributed by atoms with Crippen LogP contribution in [0, 0.1) is 11.8 Å². The highest BCUT2D eigenvalue weighted by Gasteiger charge is 2.44. The number of carboxylic acids is 1. The molecule has 0 aromatic heterocycles. The lowest BCUT2D eigenvalue weighted by Crippen LogP contribution is -2.45. The summed E-state index contributed by atoms with van der Waals surface area (Å²) in [5.74, 6) is -1.76. The fourth-order valence-electron chi connectivity index (χ4n) is 3.65. The van der Waals surface area contributed by atoms with E-state index < -0.39 is 11.9 Å². The molecule has 2 heterocycles. The Hall–Kier alpha value is -1.10. The number of aliphatic carboxylic acids is 1. The summed E-state index contributed by atoms with van der Waals surface area (Å²) < 4.78 is 5.69. The van der Waals surface area contributed by atoms with Crippen molar-refractivity contribution >= 4 is 11.9 Å². The van der Waals surface area contributed by atoms with Crippen LogP contribution in [0.3, 0.4) is 0 Å². The van der Waals surface area contributed by atoms with E-state index in [0.29, 0.717) is 18.9 Å². The lowest BCUT2D eigenvalue weighted by Gasteiger charge is -2.23. The van der Waals surface area contributed by atoms with Crippen LogP contribution in [-0.2, 0) is 14.3 Å². The van der Waals surface area contributed by atoms with Gasteiger partial charge in [0.05, 0.1) is 30.1 Å². The highest BCUT2D eigenvalue weighted by molar-refractivity contribution is 5.85. The van der Waals surface area contributed by atoms with Crippen molar-refractivity contribution in [1.82, 2.24) is 5.32 Å². The van der Waals surface area contributed by atoms with Gasteiger partial charge in [-0.15, -0.1) is 0 Å². The molecule has 2 bridgehead atoms. The van der Waals surface area contributed by atoms with Crippen molar-refractivity contribution in [2.24, 2.45) is 11.8 Å². The summed E-state index contributed by atoms with van der Waals surface area (Å²) in [7, 11) is 0. The minimum absolute atomic E-state index is 0.0824. The Kier molecular flexibility index (Phi) is 3.01. The van der Waals surface area contributed by atoms with E-state index in [1.54, 1.807) is 0 Å². The Morgan fingerprint density at radius 1 is 1.11 bits per heavy atom. The molecule has 3 rings (SSSR count). The van der Waals surface area contributed by atoms with Crippen molar-refractivity contribution in [3.63, 3.8) is 0 Å². The molecule has 0 spiro atoms. The number of nitrogens with one attached hydrogen (secondary N) is 1. The molecule has 3 unspecified atom stereocenters. The number of hydrogen-bond donors (Lipinski definition) is 2. The van der Waals surface area contributed by atoms with E-state index in [-0.39, 0.29) is 24.0 Å². The monoisotopic (exact) mass is 253 g/mol. The SMILES string of the molecule is O=C(O)[C@H]1CCC[C@H]1C(=O)NC1CC2CCC1O2. The van der Waals surface area contributed by atoms with Gasteiger partial charge in [-0.1, -0.05) is 6.42 Å². The summed E-state index contributed by atoms with van der Waals surface area (Å²) in [6, 6.07) is 0.103. The highest BCUT2D eigenvalue weighted by atomic mass is 16.5. The topological polar surface area (TPSA) is 75.6 Å². The molecule has 5 nitrogen and oxygen atoms in total. The molecular weight excluding hydrogens is 234 g/mol. The number of carbonyl (C=O) groups excluding carboxylic acids is 1. The Bertz CT molecular complexity index is 370. The van der Waals surface area contributed by atoms with Gasteiger partial charge in [-0.3, -0.25) is 9.59 Å². The van der Waals surface area contributed by atoms with E-state index >= 15 is 0 Å². The average Bonchev–Trinajstić information content (AvgIpc) is 3.04. The van der Waals surface area contributed by atoms with Crippen LogP contribution in [0.2, 0.25) is 0 Å². The van der Waals surface area contributed by atoms with Gasteiger partial charge in [-0.25, -0.2) is 0 Å². The quantitative estimate of drug-likeness (QED) is 0.784. The maximum absolute atomic E-state index is 12.2. The number of ether oxygens (including phenoxy) is 1. The summed E-state index contributed by atoms with van der Waals surface area (Å²) in [4.78, 5) is 23.2. The zero-order valence-electron chi connectivity index (χ0n) is 10.3. The second kappa shape index (κ2) is 4.53. The third-order valence-corrected chi connectivity index (χ3v) is 4.60. The van der Waals surface area contributed by atoms with Crippen LogP contribution in [0.4, 0.5) is 0 Å². The minimum atomic E-state index is -0.836.